The van der Waals surface area contributed by atoms with E-state index >= 15 is 0 Å². The van der Waals surface area contributed by atoms with Crippen LogP contribution < -0.4 is 0 Å². The second-order valence-electron chi connectivity index (χ2n) is 25.4. The summed E-state index contributed by atoms with van der Waals surface area (Å²) >= 11 is 0. The quantitative estimate of drug-likeness (QED) is 0.122. The molecule has 0 heterocycles. The molecule has 0 aliphatic heterocycles. The highest BCUT2D eigenvalue weighted by atomic mass is 16.3. The Morgan fingerprint density at radius 1 is 0.533 bits per heavy atom. The number of rotatable bonds is 10. The van der Waals surface area contributed by atoms with Crippen molar-refractivity contribution in [2.45, 2.75) is 233 Å². The van der Waals surface area contributed by atoms with E-state index in [-0.39, 0.29) is 35.2 Å². The summed E-state index contributed by atoms with van der Waals surface area (Å²) in [5.74, 6) is 6.01. The fraction of sp³-hybridized carbons (Fsp3) is 0.926. The third kappa shape index (κ3) is 8.82. The molecule has 6 nitrogen and oxygen atoms in total. The molecule has 6 saturated carbocycles. The predicted octanol–water partition coefficient (Wildman–Crippen LogP) is 10.9. The molecule has 0 saturated heterocycles. The van der Waals surface area contributed by atoms with E-state index in [9.17, 15) is 30.6 Å². The van der Waals surface area contributed by atoms with Crippen LogP contribution in [0.5, 0.6) is 0 Å². The van der Waals surface area contributed by atoms with E-state index in [2.05, 4.69) is 53.7 Å². The molecule has 8 rings (SSSR count). The lowest BCUT2D eigenvalue weighted by molar-refractivity contribution is -0.0972. The Kier molecular flexibility index (Phi) is 13.6. The Labute approximate surface area is 366 Å². The van der Waals surface area contributed by atoms with Crippen molar-refractivity contribution in [2.75, 3.05) is 0 Å². The molecule has 1 unspecified atom stereocenters. The standard InChI is InChI=1S/2C27H46O3/c2*1-17(7-6-12-25(2,3)30)20-8-9-21-24-22(11-14-27(20,21)5)26(4)13-10-19(28)15-18(26)16-23(24)29/h2*16-17,19-24,28-30H,6-15H2,1-5H3/t17-,19+,20-,21+,22+,23?,24+,26+,27-;17-,19+,20-,21+,22+,23+,24+,26+,27-/m11/s1. The maximum absolute atomic E-state index is 11.3. The lowest BCUT2D eigenvalue weighted by Gasteiger charge is -2.59. The average molecular weight is 837 g/mol. The highest BCUT2D eigenvalue weighted by Crippen LogP contribution is 2.69. The summed E-state index contributed by atoms with van der Waals surface area (Å²) in [4.78, 5) is 0. The van der Waals surface area contributed by atoms with Crippen LogP contribution in [0.2, 0.25) is 0 Å². The maximum atomic E-state index is 11.3. The van der Waals surface area contributed by atoms with E-state index in [1.165, 1.54) is 75.4 Å². The van der Waals surface area contributed by atoms with Gasteiger partial charge in [0, 0.05) is 0 Å². The highest BCUT2D eigenvalue weighted by Gasteiger charge is 2.63. The summed E-state index contributed by atoms with van der Waals surface area (Å²) in [6.45, 7) is 22.5. The first kappa shape index (κ1) is 47.2. The molecule has 60 heavy (non-hydrogen) atoms. The minimum Gasteiger partial charge on any atom is -0.393 e. The van der Waals surface area contributed by atoms with Gasteiger partial charge in [-0.25, -0.2) is 0 Å². The number of hydrogen-bond donors (Lipinski definition) is 6. The van der Waals surface area contributed by atoms with Crippen LogP contribution >= 0.6 is 0 Å². The molecule has 0 amide bonds. The summed E-state index contributed by atoms with van der Waals surface area (Å²) < 4.78 is 0. The van der Waals surface area contributed by atoms with Gasteiger partial charge in [0.25, 0.3) is 0 Å². The van der Waals surface area contributed by atoms with E-state index in [4.69, 9.17) is 0 Å². The lowest BCUT2D eigenvalue weighted by atomic mass is 9.46. The molecule has 8 aliphatic rings. The molecular weight excluding hydrogens is 745 g/mol. The molecule has 6 fully saturated rings. The molecular formula is C54H92O6. The van der Waals surface area contributed by atoms with Crippen LogP contribution in [0.25, 0.3) is 0 Å². The van der Waals surface area contributed by atoms with Crippen LogP contribution in [0.3, 0.4) is 0 Å². The zero-order valence-electron chi connectivity index (χ0n) is 40.1. The van der Waals surface area contributed by atoms with Crippen LogP contribution in [0.15, 0.2) is 23.3 Å². The van der Waals surface area contributed by atoms with Gasteiger partial charge in [-0.3, -0.25) is 0 Å². The Bertz CT molecular complexity index is 1440. The minimum atomic E-state index is -0.556. The first-order valence-electron chi connectivity index (χ1n) is 25.5. The summed E-state index contributed by atoms with van der Waals surface area (Å²) in [6.07, 6.45) is 25.2. The highest BCUT2D eigenvalue weighted by molar-refractivity contribution is 5.29. The number of aliphatic hydroxyl groups is 6. The smallest absolute Gasteiger partial charge is 0.0757 e. The monoisotopic (exact) mass is 837 g/mol. The van der Waals surface area contributed by atoms with Gasteiger partial charge in [-0.15, -0.1) is 0 Å². The largest absolute Gasteiger partial charge is 0.393 e. The van der Waals surface area contributed by atoms with Gasteiger partial charge in [0.1, 0.15) is 0 Å². The molecule has 0 aromatic heterocycles. The molecule has 8 aliphatic carbocycles. The van der Waals surface area contributed by atoms with Crippen molar-refractivity contribution in [1.82, 2.24) is 0 Å². The van der Waals surface area contributed by atoms with Gasteiger partial charge < -0.3 is 30.6 Å². The minimum absolute atomic E-state index is 0.181. The van der Waals surface area contributed by atoms with Crippen molar-refractivity contribution < 1.29 is 30.6 Å². The fourth-order valence-electron chi connectivity index (χ4n) is 17.3. The van der Waals surface area contributed by atoms with Gasteiger partial charge in [0.15, 0.2) is 0 Å². The molecule has 0 spiro atoms. The average Bonchev–Trinajstić information content (AvgIpc) is 3.69. The maximum Gasteiger partial charge on any atom is 0.0757 e. The van der Waals surface area contributed by atoms with Crippen LogP contribution in [0, 0.1) is 80.8 Å². The van der Waals surface area contributed by atoms with Crippen LogP contribution in [-0.2, 0) is 0 Å². The van der Waals surface area contributed by atoms with E-state index in [0.717, 1.165) is 76.0 Å². The van der Waals surface area contributed by atoms with E-state index in [0.29, 0.717) is 58.2 Å². The normalized spacial score (nSPS) is 47.1. The Hall–Kier alpha value is -0.760. The van der Waals surface area contributed by atoms with Crippen molar-refractivity contribution in [3.63, 3.8) is 0 Å². The Morgan fingerprint density at radius 3 is 1.25 bits per heavy atom. The molecule has 6 heteroatoms. The van der Waals surface area contributed by atoms with Crippen molar-refractivity contribution in [2.24, 2.45) is 80.8 Å². The Morgan fingerprint density at radius 2 is 0.900 bits per heavy atom. The summed E-state index contributed by atoms with van der Waals surface area (Å²) in [5.41, 5.74) is 2.61. The van der Waals surface area contributed by atoms with Gasteiger partial charge in [-0.2, -0.15) is 0 Å². The molecule has 0 bridgehead atoms. The molecule has 0 aromatic carbocycles. The lowest BCUT2D eigenvalue weighted by Crippen LogP contribution is -2.54. The first-order valence-corrected chi connectivity index (χ1v) is 25.5. The topological polar surface area (TPSA) is 121 Å². The van der Waals surface area contributed by atoms with Gasteiger partial charge in [-0.1, -0.05) is 90.5 Å². The van der Waals surface area contributed by atoms with Gasteiger partial charge in [0.05, 0.1) is 35.6 Å². The van der Waals surface area contributed by atoms with Crippen molar-refractivity contribution in [1.29, 1.82) is 0 Å². The predicted molar refractivity (Wildman–Crippen MR) is 244 cm³/mol. The molecule has 6 N–H and O–H groups in total. The first-order chi connectivity index (χ1) is 27.9. The van der Waals surface area contributed by atoms with Crippen molar-refractivity contribution in [3.8, 4) is 0 Å². The summed E-state index contributed by atoms with van der Waals surface area (Å²) in [6, 6.07) is 0. The van der Waals surface area contributed by atoms with Gasteiger partial charge in [-0.05, 0) is 211 Å². The fourth-order valence-corrected chi connectivity index (χ4v) is 17.3. The van der Waals surface area contributed by atoms with Gasteiger partial charge >= 0.3 is 0 Å². The van der Waals surface area contributed by atoms with Crippen LogP contribution in [0.4, 0.5) is 0 Å². The van der Waals surface area contributed by atoms with E-state index in [1.54, 1.807) is 0 Å². The third-order valence-corrected chi connectivity index (χ3v) is 20.6. The summed E-state index contributed by atoms with van der Waals surface area (Å²) in [5, 5.41) is 63.1. The second kappa shape index (κ2) is 17.2. The van der Waals surface area contributed by atoms with Crippen LogP contribution in [-0.4, -0.2) is 66.3 Å². The number of aliphatic hydroxyl groups excluding tert-OH is 4. The molecule has 18 atom stereocenters. The molecule has 0 aromatic rings. The number of hydrogen-bond acceptors (Lipinski definition) is 6. The van der Waals surface area contributed by atoms with Gasteiger partial charge in [0.2, 0.25) is 0 Å². The SMILES string of the molecule is C[C@H](CCCC(C)(C)O)[C@H]1CC[C@H]2[C@@H]3C(O)C=C4C[C@@H](O)CC[C@]4(C)[C@H]3CC[C@]12C.C[C@H](CCCC(C)(C)O)[C@H]1CC[C@H]2[C@@H]3[C@@H](O)C=C4C[C@@H](O)CC[C@]4(C)[C@H]3CC[C@]12C. The summed E-state index contributed by atoms with van der Waals surface area (Å²) in [7, 11) is 0. The van der Waals surface area contributed by atoms with Crippen molar-refractivity contribution in [3.05, 3.63) is 23.3 Å². The molecule has 344 valence electrons. The molecule has 0 radical (unpaired) electrons. The van der Waals surface area contributed by atoms with Crippen LogP contribution in [0.1, 0.15) is 198 Å². The second-order valence-corrected chi connectivity index (χ2v) is 25.4. The van der Waals surface area contributed by atoms with Crippen molar-refractivity contribution >= 4 is 0 Å². The Balaban J connectivity index is 0.000000181. The zero-order chi connectivity index (χ0) is 43.8. The number of fused-ring (bicyclic) bond motifs is 10. The van der Waals surface area contributed by atoms with E-state index < -0.39 is 11.2 Å². The van der Waals surface area contributed by atoms with E-state index in [1.807, 2.05) is 27.7 Å². The third-order valence-electron chi connectivity index (χ3n) is 20.6. The zero-order valence-corrected chi connectivity index (χ0v) is 40.1.